The summed E-state index contributed by atoms with van der Waals surface area (Å²) in [6.45, 7) is 10.1. The molecule has 0 aliphatic rings. The van der Waals surface area contributed by atoms with Gasteiger partial charge in [0.2, 0.25) is 0 Å². The van der Waals surface area contributed by atoms with Gasteiger partial charge in [0.05, 0.1) is 5.69 Å². The molecule has 3 nitrogen and oxygen atoms in total. The van der Waals surface area contributed by atoms with E-state index in [0.29, 0.717) is 12.3 Å². The molecule has 0 spiro atoms. The van der Waals surface area contributed by atoms with Crippen molar-refractivity contribution in [2.75, 3.05) is 0 Å². The summed E-state index contributed by atoms with van der Waals surface area (Å²) in [4.78, 5) is 4.41. The van der Waals surface area contributed by atoms with E-state index in [1.165, 1.54) is 22.5 Å². The summed E-state index contributed by atoms with van der Waals surface area (Å²) in [5, 5.41) is 12.7. The Bertz CT molecular complexity index is 611. The Morgan fingerprint density at radius 2 is 1.95 bits per heavy atom. The predicted octanol–water partition coefficient (Wildman–Crippen LogP) is 3.87. The fraction of sp³-hybridized carbons (Fsp3) is 0.438. The third-order valence-electron chi connectivity index (χ3n) is 3.29. The number of hydrogen-bond donors (Lipinski definition) is 1. The first-order chi connectivity index (χ1) is 9.27. The fourth-order valence-electron chi connectivity index (χ4n) is 1.95. The minimum absolute atomic E-state index is 0.435. The molecule has 0 radical (unpaired) electrons. The minimum atomic E-state index is -0.898. The first kappa shape index (κ1) is 15.0. The number of thiazole rings is 1. The average molecular weight is 291 g/mol. The van der Waals surface area contributed by atoms with E-state index >= 15 is 0 Å². The van der Waals surface area contributed by atoms with Gasteiger partial charge >= 0.3 is 0 Å². The van der Waals surface area contributed by atoms with E-state index in [1.54, 1.807) is 13.8 Å². The van der Waals surface area contributed by atoms with Gasteiger partial charge in [-0.25, -0.2) is 4.98 Å². The van der Waals surface area contributed by atoms with Crippen LogP contribution in [0.25, 0.3) is 0 Å². The van der Waals surface area contributed by atoms with Crippen LogP contribution in [0.3, 0.4) is 0 Å². The van der Waals surface area contributed by atoms with Crippen LogP contribution in [-0.4, -0.2) is 10.1 Å². The molecular weight excluding hydrogens is 270 g/mol. The molecule has 1 N–H and O–H groups in total. The zero-order valence-electron chi connectivity index (χ0n) is 12.7. The van der Waals surface area contributed by atoms with Crippen LogP contribution in [0.1, 0.15) is 41.2 Å². The lowest BCUT2D eigenvalue weighted by atomic mass is 10.1. The molecule has 108 valence electrons. The van der Waals surface area contributed by atoms with E-state index in [2.05, 4.69) is 31.8 Å². The number of ether oxygens (including phenoxy) is 1. The van der Waals surface area contributed by atoms with Crippen LogP contribution in [0.15, 0.2) is 17.5 Å². The molecule has 2 rings (SSSR count). The van der Waals surface area contributed by atoms with Crippen molar-refractivity contribution < 1.29 is 9.84 Å². The second kappa shape index (κ2) is 5.54. The van der Waals surface area contributed by atoms with Gasteiger partial charge in [-0.1, -0.05) is 6.07 Å². The van der Waals surface area contributed by atoms with Crippen molar-refractivity contribution in [3.05, 3.63) is 44.9 Å². The van der Waals surface area contributed by atoms with Gasteiger partial charge in [0.1, 0.15) is 23.0 Å². The van der Waals surface area contributed by atoms with Crippen LogP contribution in [0.2, 0.25) is 0 Å². The van der Waals surface area contributed by atoms with Crippen molar-refractivity contribution in [1.82, 2.24) is 4.98 Å². The molecule has 0 saturated carbocycles. The zero-order valence-corrected chi connectivity index (χ0v) is 13.5. The van der Waals surface area contributed by atoms with Gasteiger partial charge in [-0.2, -0.15) is 0 Å². The molecule has 0 bridgehead atoms. The lowest BCUT2D eigenvalue weighted by molar-refractivity contribution is 0.0742. The Hall–Kier alpha value is -1.39. The number of aryl methyl sites for hydroxylation is 2. The SMILES string of the molecule is Cc1cc(C)c(C)c(OCc2nc(C(C)(C)O)cs2)c1. The average Bonchev–Trinajstić information content (AvgIpc) is 2.80. The summed E-state index contributed by atoms with van der Waals surface area (Å²) in [7, 11) is 0. The number of nitrogens with zero attached hydrogens (tertiary/aromatic N) is 1. The van der Waals surface area contributed by atoms with E-state index in [1.807, 2.05) is 11.4 Å². The molecule has 1 aromatic heterocycles. The molecule has 2 aromatic rings. The van der Waals surface area contributed by atoms with Crippen LogP contribution in [0.4, 0.5) is 0 Å². The number of aliphatic hydroxyl groups is 1. The highest BCUT2D eigenvalue weighted by Gasteiger charge is 2.19. The van der Waals surface area contributed by atoms with Crippen molar-refractivity contribution in [2.45, 2.75) is 46.8 Å². The number of hydrogen-bond acceptors (Lipinski definition) is 4. The summed E-state index contributed by atoms with van der Waals surface area (Å²) in [6.07, 6.45) is 0. The number of benzene rings is 1. The largest absolute Gasteiger partial charge is 0.486 e. The molecule has 0 aliphatic heterocycles. The summed E-state index contributed by atoms with van der Waals surface area (Å²) in [5.41, 5.74) is 3.38. The van der Waals surface area contributed by atoms with Crippen LogP contribution in [0, 0.1) is 20.8 Å². The monoisotopic (exact) mass is 291 g/mol. The first-order valence-corrected chi connectivity index (χ1v) is 7.53. The Morgan fingerprint density at radius 1 is 1.25 bits per heavy atom. The number of rotatable bonds is 4. The first-order valence-electron chi connectivity index (χ1n) is 6.65. The molecule has 20 heavy (non-hydrogen) atoms. The van der Waals surface area contributed by atoms with Crippen LogP contribution in [0.5, 0.6) is 5.75 Å². The summed E-state index contributed by atoms with van der Waals surface area (Å²) < 4.78 is 5.88. The summed E-state index contributed by atoms with van der Waals surface area (Å²) in [5.74, 6) is 0.905. The third-order valence-corrected chi connectivity index (χ3v) is 4.12. The summed E-state index contributed by atoms with van der Waals surface area (Å²) in [6, 6.07) is 4.20. The molecule has 1 heterocycles. The number of aromatic nitrogens is 1. The fourth-order valence-corrected chi connectivity index (χ4v) is 2.82. The second-order valence-corrected chi connectivity index (χ2v) is 6.62. The maximum Gasteiger partial charge on any atom is 0.140 e. The third kappa shape index (κ3) is 3.38. The van der Waals surface area contributed by atoms with Gasteiger partial charge in [-0.3, -0.25) is 0 Å². The molecule has 0 aliphatic carbocycles. The Kier molecular flexibility index (Phi) is 4.16. The van der Waals surface area contributed by atoms with E-state index in [9.17, 15) is 5.11 Å². The maximum atomic E-state index is 9.91. The van der Waals surface area contributed by atoms with Gasteiger partial charge in [0, 0.05) is 5.38 Å². The van der Waals surface area contributed by atoms with Crippen molar-refractivity contribution in [1.29, 1.82) is 0 Å². The van der Waals surface area contributed by atoms with Crippen molar-refractivity contribution in [3.63, 3.8) is 0 Å². The van der Waals surface area contributed by atoms with E-state index in [-0.39, 0.29) is 0 Å². The molecule has 0 saturated heterocycles. The maximum absolute atomic E-state index is 9.91. The predicted molar refractivity (Wildman–Crippen MR) is 82.3 cm³/mol. The van der Waals surface area contributed by atoms with Gasteiger partial charge in [-0.05, 0) is 57.4 Å². The Balaban J connectivity index is 2.11. The highest BCUT2D eigenvalue weighted by molar-refractivity contribution is 7.09. The highest BCUT2D eigenvalue weighted by Crippen LogP contribution is 2.26. The van der Waals surface area contributed by atoms with Crippen LogP contribution in [-0.2, 0) is 12.2 Å². The molecule has 0 unspecified atom stereocenters. The zero-order chi connectivity index (χ0) is 14.9. The molecule has 0 amide bonds. The minimum Gasteiger partial charge on any atom is -0.486 e. The normalized spacial score (nSPS) is 11.7. The quantitative estimate of drug-likeness (QED) is 0.929. The summed E-state index contributed by atoms with van der Waals surface area (Å²) >= 11 is 1.51. The van der Waals surface area contributed by atoms with E-state index < -0.39 is 5.60 Å². The van der Waals surface area contributed by atoms with E-state index in [0.717, 1.165) is 16.3 Å². The van der Waals surface area contributed by atoms with Crippen LogP contribution >= 0.6 is 11.3 Å². The lowest BCUT2D eigenvalue weighted by Crippen LogP contribution is -2.16. The van der Waals surface area contributed by atoms with Crippen molar-refractivity contribution >= 4 is 11.3 Å². The van der Waals surface area contributed by atoms with Gasteiger partial charge in [0.25, 0.3) is 0 Å². The highest BCUT2D eigenvalue weighted by atomic mass is 32.1. The van der Waals surface area contributed by atoms with Crippen molar-refractivity contribution in [3.8, 4) is 5.75 Å². The second-order valence-electron chi connectivity index (χ2n) is 5.68. The van der Waals surface area contributed by atoms with Crippen LogP contribution < -0.4 is 4.74 Å². The van der Waals surface area contributed by atoms with E-state index in [4.69, 9.17) is 4.74 Å². The van der Waals surface area contributed by atoms with Crippen molar-refractivity contribution in [2.24, 2.45) is 0 Å². The molecule has 0 atom stereocenters. The van der Waals surface area contributed by atoms with Gasteiger partial charge in [0.15, 0.2) is 0 Å². The Morgan fingerprint density at radius 3 is 2.55 bits per heavy atom. The smallest absolute Gasteiger partial charge is 0.140 e. The topological polar surface area (TPSA) is 42.4 Å². The molecule has 4 heteroatoms. The molecule has 0 fully saturated rings. The van der Waals surface area contributed by atoms with Gasteiger partial charge < -0.3 is 9.84 Å². The Labute approximate surface area is 124 Å². The van der Waals surface area contributed by atoms with Gasteiger partial charge in [-0.15, -0.1) is 11.3 Å². The standard InChI is InChI=1S/C16H21NO2S/c1-10-6-11(2)12(3)13(7-10)19-8-15-17-14(9-20-15)16(4,5)18/h6-7,9,18H,8H2,1-5H3. The lowest BCUT2D eigenvalue weighted by Gasteiger charge is -2.13. The molecular formula is C16H21NO2S. The molecule has 1 aromatic carbocycles.